The summed E-state index contributed by atoms with van der Waals surface area (Å²) in [4.78, 5) is 15.1. The maximum atomic E-state index is 12.1. The molecule has 1 aromatic carbocycles. The normalized spacial score (nSPS) is 18.9. The molecule has 1 aliphatic heterocycles. The number of likely N-dealkylation sites (tertiary alicyclic amines) is 1. The standard InChI is InChI=1S/C14H27NO2.C7H9NS/c1-7-8-11-9-14(5,6)15(10-11)12(16)17-13(2,3)4;1-6-2-4-7(9-8)5-3-6/h11H,7-10H2,1-6H3;2-5H,8H2,1H3. The Balaban J connectivity index is 0.000000314. The van der Waals surface area contributed by atoms with Crippen molar-refractivity contribution in [3.05, 3.63) is 29.8 Å². The summed E-state index contributed by atoms with van der Waals surface area (Å²) in [5, 5.41) is 5.32. The number of nitrogens with zero attached hydrogens (tertiary/aromatic N) is 1. The van der Waals surface area contributed by atoms with Crippen molar-refractivity contribution in [1.82, 2.24) is 4.90 Å². The maximum Gasteiger partial charge on any atom is 0.410 e. The summed E-state index contributed by atoms with van der Waals surface area (Å²) in [5.74, 6) is 0.627. The van der Waals surface area contributed by atoms with E-state index in [1.807, 2.05) is 37.8 Å². The van der Waals surface area contributed by atoms with Gasteiger partial charge in [0.05, 0.1) is 0 Å². The molecule has 1 saturated heterocycles. The van der Waals surface area contributed by atoms with Gasteiger partial charge in [-0.05, 0) is 84.4 Å². The van der Waals surface area contributed by atoms with Crippen LogP contribution in [0.2, 0.25) is 0 Å². The van der Waals surface area contributed by atoms with Crippen LogP contribution in [0.1, 0.15) is 66.4 Å². The molecule has 1 aromatic rings. The maximum absolute atomic E-state index is 12.1. The van der Waals surface area contributed by atoms with Crippen molar-refractivity contribution in [2.75, 3.05) is 6.54 Å². The molecule has 1 atom stereocenters. The molecular weight excluding hydrogens is 344 g/mol. The summed E-state index contributed by atoms with van der Waals surface area (Å²) >= 11 is 1.28. The summed E-state index contributed by atoms with van der Waals surface area (Å²) < 4.78 is 5.47. The first-order valence-electron chi connectivity index (χ1n) is 9.42. The second-order valence-corrected chi connectivity index (χ2v) is 9.40. The summed E-state index contributed by atoms with van der Waals surface area (Å²) in [6.45, 7) is 15.1. The van der Waals surface area contributed by atoms with Crippen LogP contribution >= 0.6 is 11.9 Å². The van der Waals surface area contributed by atoms with E-state index >= 15 is 0 Å². The third-order valence-corrected chi connectivity index (χ3v) is 4.97. The lowest BCUT2D eigenvalue weighted by Crippen LogP contribution is -2.45. The Kier molecular flexibility index (Phi) is 8.48. The minimum Gasteiger partial charge on any atom is -0.444 e. The SMILES string of the molecule is CCCC1CN(C(=O)OC(C)(C)C)C(C)(C)C1.Cc1ccc(SN)cc1. The van der Waals surface area contributed by atoms with Gasteiger partial charge in [-0.15, -0.1) is 0 Å². The third kappa shape index (κ3) is 7.58. The zero-order valence-corrected chi connectivity index (χ0v) is 18.3. The summed E-state index contributed by atoms with van der Waals surface area (Å²) in [6.07, 6.45) is 3.30. The van der Waals surface area contributed by atoms with Crippen molar-refractivity contribution >= 4 is 18.0 Å². The van der Waals surface area contributed by atoms with E-state index in [9.17, 15) is 4.79 Å². The molecular formula is C21H36N2O2S. The highest BCUT2D eigenvalue weighted by Gasteiger charge is 2.42. The molecule has 26 heavy (non-hydrogen) atoms. The molecule has 4 nitrogen and oxygen atoms in total. The fourth-order valence-electron chi connectivity index (χ4n) is 3.24. The molecule has 1 heterocycles. The van der Waals surface area contributed by atoms with Gasteiger partial charge in [-0.3, -0.25) is 5.14 Å². The van der Waals surface area contributed by atoms with Crippen molar-refractivity contribution in [2.24, 2.45) is 11.1 Å². The summed E-state index contributed by atoms with van der Waals surface area (Å²) in [6, 6.07) is 8.13. The number of amides is 1. The molecule has 2 N–H and O–H groups in total. The lowest BCUT2D eigenvalue weighted by molar-refractivity contribution is 0.0131. The van der Waals surface area contributed by atoms with Gasteiger partial charge in [0, 0.05) is 17.0 Å². The Bertz CT molecular complexity index is 564. The van der Waals surface area contributed by atoms with Crippen molar-refractivity contribution in [2.45, 2.75) is 83.8 Å². The highest BCUT2D eigenvalue weighted by atomic mass is 32.2. The Hall–Kier alpha value is -1.20. The summed E-state index contributed by atoms with van der Waals surface area (Å²) in [5.41, 5.74) is 0.797. The topological polar surface area (TPSA) is 55.6 Å². The number of ether oxygens (including phenoxy) is 1. The number of hydrogen-bond donors (Lipinski definition) is 1. The van der Waals surface area contributed by atoms with Gasteiger partial charge in [0.15, 0.2) is 0 Å². The van der Waals surface area contributed by atoms with Crippen molar-refractivity contribution in [3.63, 3.8) is 0 Å². The van der Waals surface area contributed by atoms with E-state index in [0.29, 0.717) is 5.92 Å². The number of rotatable bonds is 3. The first kappa shape index (κ1) is 22.8. The average Bonchev–Trinajstić information content (AvgIpc) is 2.82. The van der Waals surface area contributed by atoms with Crippen LogP contribution in [0.3, 0.4) is 0 Å². The molecule has 2 rings (SSSR count). The Morgan fingerprint density at radius 1 is 1.31 bits per heavy atom. The van der Waals surface area contributed by atoms with E-state index in [2.05, 4.69) is 39.8 Å². The molecule has 0 aliphatic carbocycles. The van der Waals surface area contributed by atoms with E-state index in [1.54, 1.807) is 0 Å². The van der Waals surface area contributed by atoms with Crippen molar-refractivity contribution in [3.8, 4) is 0 Å². The smallest absolute Gasteiger partial charge is 0.410 e. The van der Waals surface area contributed by atoms with Gasteiger partial charge in [0.2, 0.25) is 0 Å². The van der Waals surface area contributed by atoms with E-state index in [1.165, 1.54) is 30.4 Å². The van der Waals surface area contributed by atoms with E-state index < -0.39 is 5.60 Å². The van der Waals surface area contributed by atoms with Crippen molar-refractivity contribution < 1.29 is 9.53 Å². The summed E-state index contributed by atoms with van der Waals surface area (Å²) in [7, 11) is 0. The van der Waals surface area contributed by atoms with Gasteiger partial charge >= 0.3 is 6.09 Å². The zero-order valence-electron chi connectivity index (χ0n) is 17.5. The number of benzene rings is 1. The Labute approximate surface area is 164 Å². The zero-order chi connectivity index (χ0) is 20.0. The predicted octanol–water partition coefficient (Wildman–Crippen LogP) is 5.78. The highest BCUT2D eigenvalue weighted by Crippen LogP contribution is 2.35. The Morgan fingerprint density at radius 2 is 1.88 bits per heavy atom. The van der Waals surface area contributed by atoms with Gasteiger partial charge in [0.25, 0.3) is 0 Å². The second kappa shape index (κ2) is 9.65. The lowest BCUT2D eigenvalue weighted by atomic mass is 9.94. The minimum atomic E-state index is -0.407. The molecule has 0 bridgehead atoms. The van der Waals surface area contributed by atoms with E-state index in [4.69, 9.17) is 9.88 Å². The van der Waals surface area contributed by atoms with Crippen LogP contribution in [0.15, 0.2) is 29.2 Å². The minimum absolute atomic E-state index is 0.0673. The van der Waals surface area contributed by atoms with Gasteiger partial charge in [-0.1, -0.05) is 31.0 Å². The number of aryl methyl sites for hydroxylation is 1. The van der Waals surface area contributed by atoms with Crippen LogP contribution in [-0.4, -0.2) is 28.7 Å². The fraction of sp³-hybridized carbons (Fsp3) is 0.667. The molecule has 0 saturated carbocycles. The number of nitrogens with two attached hydrogens (primary N) is 1. The monoisotopic (exact) mass is 380 g/mol. The second-order valence-electron chi connectivity index (χ2n) is 8.69. The third-order valence-electron chi connectivity index (χ3n) is 4.43. The molecule has 5 heteroatoms. The average molecular weight is 381 g/mol. The van der Waals surface area contributed by atoms with Gasteiger partial charge in [-0.25, -0.2) is 4.79 Å². The predicted molar refractivity (Wildman–Crippen MR) is 111 cm³/mol. The van der Waals surface area contributed by atoms with Crippen LogP contribution in [0.4, 0.5) is 4.79 Å². The number of carbonyl (C=O) groups excluding carboxylic acids is 1. The Morgan fingerprint density at radius 3 is 2.35 bits per heavy atom. The molecule has 0 spiro atoms. The van der Waals surface area contributed by atoms with E-state index in [-0.39, 0.29) is 11.6 Å². The number of carbonyl (C=O) groups is 1. The van der Waals surface area contributed by atoms with Gasteiger partial charge in [-0.2, -0.15) is 0 Å². The molecule has 1 unspecified atom stereocenters. The van der Waals surface area contributed by atoms with Crippen molar-refractivity contribution in [1.29, 1.82) is 0 Å². The van der Waals surface area contributed by atoms with Crippen LogP contribution in [-0.2, 0) is 4.74 Å². The number of hydrogen-bond acceptors (Lipinski definition) is 4. The van der Waals surface area contributed by atoms with Gasteiger partial charge < -0.3 is 9.64 Å². The first-order valence-corrected chi connectivity index (χ1v) is 10.3. The quantitative estimate of drug-likeness (QED) is 0.675. The molecule has 1 fully saturated rings. The van der Waals surface area contributed by atoms with E-state index in [0.717, 1.165) is 17.9 Å². The molecule has 0 aromatic heterocycles. The molecule has 1 amide bonds. The lowest BCUT2D eigenvalue weighted by Gasteiger charge is -2.33. The molecule has 1 aliphatic rings. The molecule has 0 radical (unpaired) electrons. The van der Waals surface area contributed by atoms with Crippen LogP contribution in [0.25, 0.3) is 0 Å². The van der Waals surface area contributed by atoms with Crippen LogP contribution < -0.4 is 5.14 Å². The largest absolute Gasteiger partial charge is 0.444 e. The first-order chi connectivity index (χ1) is 12.0. The fourth-order valence-corrected chi connectivity index (χ4v) is 3.54. The van der Waals surface area contributed by atoms with Gasteiger partial charge in [0.1, 0.15) is 5.60 Å². The van der Waals surface area contributed by atoms with Crippen LogP contribution in [0, 0.1) is 12.8 Å². The highest BCUT2D eigenvalue weighted by molar-refractivity contribution is 7.97. The van der Waals surface area contributed by atoms with Crippen LogP contribution in [0.5, 0.6) is 0 Å². The molecule has 148 valence electrons.